The average Bonchev–Trinajstić information content (AvgIpc) is 2.41. The van der Waals surface area contributed by atoms with Crippen molar-refractivity contribution in [2.45, 2.75) is 59.0 Å². The number of unbranched alkanes of at least 4 members (excludes halogenated alkanes) is 2. The first-order chi connectivity index (χ1) is 9.51. The summed E-state index contributed by atoms with van der Waals surface area (Å²) in [5, 5.41) is 0. The first-order valence-electron chi connectivity index (χ1n) is 7.73. The summed E-state index contributed by atoms with van der Waals surface area (Å²) in [7, 11) is 0. The van der Waals surface area contributed by atoms with Crippen molar-refractivity contribution < 1.29 is 4.39 Å². The van der Waals surface area contributed by atoms with Crippen LogP contribution in [0, 0.1) is 12.7 Å². The quantitative estimate of drug-likeness (QED) is 0.728. The van der Waals surface area contributed by atoms with Crippen LogP contribution in [0.4, 0.5) is 4.39 Å². The molecule has 1 atom stereocenters. The third-order valence-electron chi connectivity index (χ3n) is 3.89. The molecule has 1 unspecified atom stereocenters. The monoisotopic (exact) mass is 280 g/mol. The van der Waals surface area contributed by atoms with E-state index in [1.54, 1.807) is 13.0 Å². The van der Waals surface area contributed by atoms with Crippen molar-refractivity contribution in [3.8, 4) is 0 Å². The van der Waals surface area contributed by atoms with Crippen LogP contribution in [0.15, 0.2) is 18.2 Å². The number of aryl methyl sites for hydroxylation is 1. The number of benzene rings is 1. The average molecular weight is 280 g/mol. The van der Waals surface area contributed by atoms with Gasteiger partial charge in [-0.25, -0.2) is 4.39 Å². The highest BCUT2D eigenvalue weighted by Crippen LogP contribution is 2.24. The normalized spacial score (nSPS) is 13.2. The van der Waals surface area contributed by atoms with Gasteiger partial charge in [-0.05, 0) is 50.9 Å². The van der Waals surface area contributed by atoms with Crippen LogP contribution in [0.5, 0.6) is 0 Å². The van der Waals surface area contributed by atoms with Gasteiger partial charge in [-0.3, -0.25) is 4.90 Å². The fourth-order valence-electron chi connectivity index (χ4n) is 2.60. The van der Waals surface area contributed by atoms with Crippen LogP contribution < -0.4 is 5.73 Å². The van der Waals surface area contributed by atoms with E-state index in [0.29, 0.717) is 18.2 Å². The van der Waals surface area contributed by atoms with E-state index in [2.05, 4.69) is 25.7 Å². The van der Waals surface area contributed by atoms with Crippen molar-refractivity contribution in [3.63, 3.8) is 0 Å². The Morgan fingerprint density at radius 1 is 1.25 bits per heavy atom. The molecular formula is C17H29FN2. The maximum Gasteiger partial charge on any atom is 0.126 e. The number of hydrogen-bond donors (Lipinski definition) is 1. The van der Waals surface area contributed by atoms with Crippen LogP contribution in [0.25, 0.3) is 0 Å². The zero-order valence-electron chi connectivity index (χ0n) is 13.3. The Morgan fingerprint density at radius 2 is 1.95 bits per heavy atom. The molecule has 0 saturated carbocycles. The summed E-state index contributed by atoms with van der Waals surface area (Å²) in [5.41, 5.74) is 7.65. The van der Waals surface area contributed by atoms with E-state index in [9.17, 15) is 4.39 Å². The topological polar surface area (TPSA) is 29.3 Å². The van der Waals surface area contributed by atoms with E-state index in [1.807, 2.05) is 12.1 Å². The van der Waals surface area contributed by atoms with E-state index in [-0.39, 0.29) is 11.9 Å². The Morgan fingerprint density at radius 3 is 2.45 bits per heavy atom. The van der Waals surface area contributed by atoms with Gasteiger partial charge in [-0.1, -0.05) is 31.9 Å². The minimum Gasteiger partial charge on any atom is -0.329 e. The lowest BCUT2D eigenvalue weighted by Gasteiger charge is -2.35. The Labute approximate surface area is 123 Å². The third kappa shape index (κ3) is 4.57. The van der Waals surface area contributed by atoms with Gasteiger partial charge < -0.3 is 5.73 Å². The molecule has 0 aliphatic rings. The molecule has 0 heterocycles. The lowest BCUT2D eigenvalue weighted by Crippen LogP contribution is -2.39. The minimum atomic E-state index is -0.141. The third-order valence-corrected chi connectivity index (χ3v) is 3.89. The fourth-order valence-corrected chi connectivity index (χ4v) is 2.60. The largest absolute Gasteiger partial charge is 0.329 e. The van der Waals surface area contributed by atoms with Gasteiger partial charge in [-0.15, -0.1) is 0 Å². The molecule has 3 heteroatoms. The molecule has 0 amide bonds. The SMILES string of the molecule is CCCCCN(C(C)C)C(CN)c1ccc(C)c(F)c1. The summed E-state index contributed by atoms with van der Waals surface area (Å²) in [6.07, 6.45) is 3.60. The zero-order valence-corrected chi connectivity index (χ0v) is 13.3. The predicted octanol–water partition coefficient (Wildman–Crippen LogP) is 4.03. The van der Waals surface area contributed by atoms with Gasteiger partial charge >= 0.3 is 0 Å². The molecule has 0 saturated heterocycles. The lowest BCUT2D eigenvalue weighted by atomic mass is 10.0. The molecule has 0 fully saturated rings. The van der Waals surface area contributed by atoms with Gasteiger partial charge in [0.05, 0.1) is 0 Å². The van der Waals surface area contributed by atoms with Gasteiger partial charge in [0, 0.05) is 18.6 Å². The molecule has 2 nitrogen and oxygen atoms in total. The van der Waals surface area contributed by atoms with Gasteiger partial charge in [0.25, 0.3) is 0 Å². The number of nitrogens with zero attached hydrogens (tertiary/aromatic N) is 1. The highest BCUT2D eigenvalue weighted by atomic mass is 19.1. The summed E-state index contributed by atoms with van der Waals surface area (Å²) >= 11 is 0. The molecule has 0 aromatic heterocycles. The summed E-state index contributed by atoms with van der Waals surface area (Å²) in [6, 6.07) is 6.00. The van der Waals surface area contributed by atoms with E-state index in [4.69, 9.17) is 5.73 Å². The number of hydrogen-bond acceptors (Lipinski definition) is 2. The Bertz CT molecular complexity index is 404. The molecule has 0 bridgehead atoms. The van der Waals surface area contributed by atoms with Crippen LogP contribution in [0.1, 0.15) is 57.2 Å². The molecule has 0 spiro atoms. The van der Waals surface area contributed by atoms with Crippen molar-refractivity contribution in [1.29, 1.82) is 0 Å². The fraction of sp³-hybridized carbons (Fsp3) is 0.647. The summed E-state index contributed by atoms with van der Waals surface area (Å²) in [4.78, 5) is 2.39. The molecule has 2 N–H and O–H groups in total. The van der Waals surface area contributed by atoms with Crippen LogP contribution in [0.3, 0.4) is 0 Å². The number of halogens is 1. The molecule has 0 aliphatic heterocycles. The molecule has 114 valence electrons. The second kappa shape index (κ2) is 8.38. The van der Waals surface area contributed by atoms with Gasteiger partial charge in [0.15, 0.2) is 0 Å². The van der Waals surface area contributed by atoms with Crippen LogP contribution >= 0.6 is 0 Å². The molecule has 1 aromatic rings. The molecule has 20 heavy (non-hydrogen) atoms. The van der Waals surface area contributed by atoms with Crippen molar-refractivity contribution in [2.24, 2.45) is 5.73 Å². The van der Waals surface area contributed by atoms with Gasteiger partial charge in [-0.2, -0.15) is 0 Å². The lowest BCUT2D eigenvalue weighted by molar-refractivity contribution is 0.153. The second-order valence-electron chi connectivity index (χ2n) is 5.80. The van der Waals surface area contributed by atoms with Gasteiger partial charge in [0.2, 0.25) is 0 Å². The first kappa shape index (κ1) is 17.1. The van der Waals surface area contributed by atoms with E-state index >= 15 is 0 Å². The Kier molecular flexibility index (Phi) is 7.17. The van der Waals surface area contributed by atoms with E-state index < -0.39 is 0 Å². The van der Waals surface area contributed by atoms with Crippen LogP contribution in [-0.2, 0) is 0 Å². The Hall–Kier alpha value is -0.930. The van der Waals surface area contributed by atoms with Crippen molar-refractivity contribution in [2.75, 3.05) is 13.1 Å². The highest BCUT2D eigenvalue weighted by Gasteiger charge is 2.21. The molecule has 1 aromatic carbocycles. The minimum absolute atomic E-state index is 0.0990. The summed E-state index contributed by atoms with van der Waals surface area (Å²) < 4.78 is 13.8. The second-order valence-corrected chi connectivity index (χ2v) is 5.80. The van der Waals surface area contributed by atoms with Crippen molar-refractivity contribution in [3.05, 3.63) is 35.1 Å². The van der Waals surface area contributed by atoms with Crippen molar-refractivity contribution >= 4 is 0 Å². The van der Waals surface area contributed by atoms with Gasteiger partial charge in [0.1, 0.15) is 5.82 Å². The van der Waals surface area contributed by atoms with Crippen LogP contribution in [-0.4, -0.2) is 24.0 Å². The van der Waals surface area contributed by atoms with Crippen molar-refractivity contribution in [1.82, 2.24) is 4.90 Å². The highest BCUT2D eigenvalue weighted by molar-refractivity contribution is 5.26. The van der Waals surface area contributed by atoms with E-state index in [1.165, 1.54) is 19.3 Å². The summed E-state index contributed by atoms with van der Waals surface area (Å²) in [6.45, 7) is 9.89. The maximum absolute atomic E-state index is 13.8. The summed E-state index contributed by atoms with van der Waals surface area (Å²) in [5.74, 6) is -0.141. The number of nitrogens with two attached hydrogens (primary N) is 1. The molecule has 0 aliphatic carbocycles. The molecule has 0 radical (unpaired) electrons. The molecular weight excluding hydrogens is 251 g/mol. The predicted molar refractivity (Wildman–Crippen MR) is 84.3 cm³/mol. The molecule has 1 rings (SSSR count). The van der Waals surface area contributed by atoms with Crippen LogP contribution in [0.2, 0.25) is 0 Å². The van der Waals surface area contributed by atoms with E-state index in [0.717, 1.165) is 12.1 Å². The smallest absolute Gasteiger partial charge is 0.126 e. The maximum atomic E-state index is 13.8. The Balaban J connectivity index is 2.91. The number of rotatable bonds is 8. The zero-order chi connectivity index (χ0) is 15.1. The standard InChI is InChI=1S/C17H29FN2/c1-5-6-7-10-20(13(2)3)17(12-19)15-9-8-14(4)16(18)11-15/h8-9,11,13,17H,5-7,10,12,19H2,1-4H3. The first-order valence-corrected chi connectivity index (χ1v) is 7.73.